The van der Waals surface area contributed by atoms with Crippen molar-refractivity contribution < 1.29 is 28.2 Å². The number of benzene rings is 1. The van der Waals surface area contributed by atoms with Crippen LogP contribution < -0.4 is 10.2 Å². The first kappa shape index (κ1) is 19.8. The number of aromatic carboxylic acids is 1. The lowest BCUT2D eigenvalue weighted by Crippen LogP contribution is -2.51. The lowest BCUT2D eigenvalue weighted by molar-refractivity contribution is -0.0868. The van der Waals surface area contributed by atoms with Crippen LogP contribution in [0.1, 0.15) is 45.0 Å². The fraction of sp³-hybridized carbons (Fsp3) is 0.400. The number of carbonyl (C=O) groups is 2. The van der Waals surface area contributed by atoms with Gasteiger partial charge in [-0.3, -0.25) is 4.79 Å². The van der Waals surface area contributed by atoms with Gasteiger partial charge < -0.3 is 20.1 Å². The van der Waals surface area contributed by atoms with E-state index in [2.05, 4.69) is 10.2 Å². The van der Waals surface area contributed by atoms with Crippen molar-refractivity contribution in [2.45, 2.75) is 30.8 Å². The van der Waals surface area contributed by atoms with Crippen molar-refractivity contribution in [1.29, 1.82) is 0 Å². The third-order valence-corrected chi connectivity index (χ3v) is 6.38. The molecule has 9 heteroatoms. The monoisotopic (exact) mass is 422 g/mol. The molecular weight excluding hydrogens is 402 g/mol. The first-order valence-corrected chi connectivity index (χ1v) is 10.1. The van der Waals surface area contributed by atoms with E-state index in [4.69, 9.17) is 4.74 Å². The summed E-state index contributed by atoms with van der Waals surface area (Å²) in [6.07, 6.45) is -0.505. The van der Waals surface area contributed by atoms with E-state index in [1.54, 1.807) is 24.6 Å². The summed E-state index contributed by atoms with van der Waals surface area (Å²) in [4.78, 5) is 26.4. The Labute approximate surface area is 170 Å². The minimum Gasteiger partial charge on any atom is -0.478 e. The third kappa shape index (κ3) is 3.84. The van der Waals surface area contributed by atoms with E-state index in [-0.39, 0.29) is 29.5 Å². The number of hydrogen-bond acceptors (Lipinski definition) is 5. The molecule has 1 aliphatic carbocycles. The first-order valence-electron chi connectivity index (χ1n) is 9.19. The Morgan fingerprint density at radius 1 is 1.24 bits per heavy atom. The number of rotatable bonds is 6. The van der Waals surface area contributed by atoms with Gasteiger partial charge in [-0.2, -0.15) is 0 Å². The fourth-order valence-corrected chi connectivity index (χ4v) is 4.69. The predicted molar refractivity (Wildman–Crippen MR) is 106 cm³/mol. The van der Waals surface area contributed by atoms with Gasteiger partial charge in [0.2, 0.25) is 5.92 Å². The molecule has 1 saturated heterocycles. The Bertz CT molecular complexity index is 930. The highest BCUT2D eigenvalue weighted by Crippen LogP contribution is 2.51. The molecule has 1 aromatic heterocycles. The summed E-state index contributed by atoms with van der Waals surface area (Å²) in [5, 5.41) is 13.9. The Kier molecular flexibility index (Phi) is 5.04. The molecule has 2 aromatic rings. The maximum absolute atomic E-state index is 13.2. The number of amides is 1. The van der Waals surface area contributed by atoms with Crippen molar-refractivity contribution in [3.05, 3.63) is 46.3 Å². The second-order valence-corrected chi connectivity index (χ2v) is 8.30. The van der Waals surface area contributed by atoms with Gasteiger partial charge in [0.25, 0.3) is 5.91 Å². The number of carboxylic acids is 1. The van der Waals surface area contributed by atoms with Gasteiger partial charge in [-0.25, -0.2) is 13.6 Å². The molecule has 0 spiro atoms. The molecule has 1 amide bonds. The highest BCUT2D eigenvalue weighted by Gasteiger charge is 2.47. The molecule has 1 saturated carbocycles. The summed E-state index contributed by atoms with van der Waals surface area (Å²) in [5.74, 6) is -4.91. The van der Waals surface area contributed by atoms with Gasteiger partial charge >= 0.3 is 5.97 Å². The second kappa shape index (κ2) is 7.38. The van der Waals surface area contributed by atoms with Gasteiger partial charge in [-0.05, 0) is 41.1 Å². The number of thiophene rings is 1. The molecule has 2 fully saturated rings. The summed E-state index contributed by atoms with van der Waals surface area (Å²) in [6, 6.07) is 7.00. The average molecular weight is 422 g/mol. The second-order valence-electron chi connectivity index (χ2n) is 7.43. The van der Waals surface area contributed by atoms with Crippen LogP contribution in [0, 0.1) is 0 Å². The van der Waals surface area contributed by atoms with Crippen LogP contribution in [0.3, 0.4) is 0 Å². The maximum Gasteiger partial charge on any atom is 0.339 e. The SMILES string of the molecule is COC1CN(c2ccc(C(=O)Nc3scc(C4CC(F)(F)C4)c3C(=O)O)cc2)C1. The van der Waals surface area contributed by atoms with E-state index in [0.717, 1.165) is 30.1 Å². The van der Waals surface area contributed by atoms with E-state index in [9.17, 15) is 23.5 Å². The quantitative estimate of drug-likeness (QED) is 0.735. The van der Waals surface area contributed by atoms with Crippen LogP contribution in [0.15, 0.2) is 29.6 Å². The van der Waals surface area contributed by atoms with Gasteiger partial charge in [-0.1, -0.05) is 0 Å². The Morgan fingerprint density at radius 2 is 1.90 bits per heavy atom. The van der Waals surface area contributed by atoms with Crippen LogP contribution in [0.4, 0.5) is 19.5 Å². The summed E-state index contributed by atoms with van der Waals surface area (Å²) >= 11 is 1.05. The van der Waals surface area contributed by atoms with Gasteiger partial charge in [-0.15, -0.1) is 11.3 Å². The number of ether oxygens (including phenoxy) is 1. The molecule has 2 aliphatic rings. The first-order chi connectivity index (χ1) is 13.8. The van der Waals surface area contributed by atoms with Crippen LogP contribution in [-0.4, -0.2) is 49.2 Å². The van der Waals surface area contributed by atoms with E-state index in [1.807, 2.05) is 12.1 Å². The molecule has 0 atom stereocenters. The van der Waals surface area contributed by atoms with Crippen molar-refractivity contribution in [2.24, 2.45) is 0 Å². The topological polar surface area (TPSA) is 78.9 Å². The van der Waals surface area contributed by atoms with Crippen molar-refractivity contribution in [3.63, 3.8) is 0 Å². The van der Waals surface area contributed by atoms with Gasteiger partial charge in [0.15, 0.2) is 0 Å². The highest BCUT2D eigenvalue weighted by atomic mass is 32.1. The molecule has 0 unspecified atom stereocenters. The lowest BCUT2D eigenvalue weighted by atomic mass is 9.76. The minimum atomic E-state index is -2.74. The van der Waals surface area contributed by atoms with E-state index in [1.165, 1.54) is 0 Å². The number of hydrogen-bond donors (Lipinski definition) is 2. The Balaban J connectivity index is 1.46. The molecule has 1 aliphatic heterocycles. The summed E-state index contributed by atoms with van der Waals surface area (Å²) in [6.45, 7) is 1.59. The number of halogens is 2. The normalized spacial score (nSPS) is 18.8. The largest absolute Gasteiger partial charge is 0.478 e. The number of carboxylic acid groups (broad SMARTS) is 1. The molecule has 2 N–H and O–H groups in total. The van der Waals surface area contributed by atoms with E-state index >= 15 is 0 Å². The van der Waals surface area contributed by atoms with Crippen molar-refractivity contribution in [2.75, 3.05) is 30.4 Å². The van der Waals surface area contributed by atoms with E-state index < -0.39 is 23.7 Å². The molecule has 6 nitrogen and oxygen atoms in total. The molecule has 2 heterocycles. The Hall–Kier alpha value is -2.52. The molecule has 29 heavy (non-hydrogen) atoms. The Morgan fingerprint density at radius 3 is 2.45 bits per heavy atom. The number of methoxy groups -OCH3 is 1. The third-order valence-electron chi connectivity index (χ3n) is 5.47. The maximum atomic E-state index is 13.2. The zero-order valence-corrected chi connectivity index (χ0v) is 16.5. The van der Waals surface area contributed by atoms with Crippen molar-refractivity contribution >= 4 is 33.9 Å². The molecule has 4 rings (SSSR count). The number of alkyl halides is 2. The smallest absolute Gasteiger partial charge is 0.339 e. The molecule has 1 aromatic carbocycles. The van der Waals surface area contributed by atoms with Gasteiger partial charge in [0.1, 0.15) is 5.00 Å². The highest BCUT2D eigenvalue weighted by molar-refractivity contribution is 7.15. The zero-order valence-electron chi connectivity index (χ0n) is 15.7. The number of nitrogens with zero attached hydrogens (tertiary/aromatic N) is 1. The zero-order chi connectivity index (χ0) is 20.8. The molecule has 154 valence electrons. The molecule has 0 radical (unpaired) electrons. The van der Waals surface area contributed by atoms with Crippen LogP contribution in [0.5, 0.6) is 0 Å². The van der Waals surface area contributed by atoms with Crippen LogP contribution in [0.25, 0.3) is 0 Å². The van der Waals surface area contributed by atoms with Crippen molar-refractivity contribution in [1.82, 2.24) is 0 Å². The standard InChI is InChI=1S/C20H20F2N2O4S/c1-28-14-8-24(9-14)13-4-2-11(3-5-13)17(25)23-18-16(19(26)27)15(10-29-18)12-6-20(21,22)7-12/h2-5,10,12,14H,6-9H2,1H3,(H,23,25)(H,26,27). The van der Waals surface area contributed by atoms with Gasteiger partial charge in [0, 0.05) is 44.3 Å². The molecular formula is C20H20F2N2O4S. The van der Waals surface area contributed by atoms with Crippen molar-refractivity contribution in [3.8, 4) is 0 Å². The summed E-state index contributed by atoms with van der Waals surface area (Å²) < 4.78 is 31.6. The van der Waals surface area contributed by atoms with Gasteiger partial charge in [0.05, 0.1) is 11.7 Å². The summed E-state index contributed by atoms with van der Waals surface area (Å²) in [7, 11) is 1.67. The minimum absolute atomic E-state index is 0.0911. The van der Waals surface area contributed by atoms with Crippen LogP contribution >= 0.6 is 11.3 Å². The number of anilines is 2. The van der Waals surface area contributed by atoms with E-state index in [0.29, 0.717) is 11.1 Å². The van der Waals surface area contributed by atoms with Crippen LogP contribution in [0.2, 0.25) is 0 Å². The predicted octanol–water partition coefficient (Wildman–Crippen LogP) is 4.05. The van der Waals surface area contributed by atoms with Crippen LogP contribution in [-0.2, 0) is 4.74 Å². The fourth-order valence-electron chi connectivity index (χ4n) is 3.66. The average Bonchev–Trinajstić information content (AvgIpc) is 3.02. The summed E-state index contributed by atoms with van der Waals surface area (Å²) in [5.41, 5.74) is 1.64. The number of carbonyl (C=O) groups excluding carboxylic acids is 1. The molecule has 0 bridgehead atoms. The lowest BCUT2D eigenvalue weighted by Gasteiger charge is -2.40. The number of nitrogens with one attached hydrogen (secondary N) is 1.